The molecule has 0 saturated carbocycles. The number of nitrogens with one attached hydrogen (secondary N) is 1. The number of rotatable bonds is 4. The van der Waals surface area contributed by atoms with Crippen molar-refractivity contribution in [3.05, 3.63) is 59.9 Å². The summed E-state index contributed by atoms with van der Waals surface area (Å²) in [5.41, 5.74) is 6.92. The van der Waals surface area contributed by atoms with Gasteiger partial charge in [0.1, 0.15) is 5.82 Å². The Morgan fingerprint density at radius 1 is 1.10 bits per heavy atom. The molecule has 0 aliphatic carbocycles. The van der Waals surface area contributed by atoms with Crippen molar-refractivity contribution in [1.82, 2.24) is 0 Å². The van der Waals surface area contributed by atoms with Crippen LogP contribution in [-0.4, -0.2) is 8.42 Å². The quantitative estimate of drug-likeness (QED) is 0.910. The van der Waals surface area contributed by atoms with Crippen molar-refractivity contribution in [3.63, 3.8) is 0 Å². The second-order valence-electron chi connectivity index (χ2n) is 4.44. The van der Waals surface area contributed by atoms with Gasteiger partial charge in [0, 0.05) is 6.04 Å². The molecule has 0 heterocycles. The first-order valence-corrected chi connectivity index (χ1v) is 7.51. The summed E-state index contributed by atoms with van der Waals surface area (Å²) in [5.74, 6) is -0.486. The van der Waals surface area contributed by atoms with Gasteiger partial charge in [-0.25, -0.2) is 12.8 Å². The molecule has 1 atom stereocenters. The molecule has 20 heavy (non-hydrogen) atoms. The Hall–Kier alpha value is -1.92. The molecular weight excluding hydrogens is 279 g/mol. The lowest BCUT2D eigenvalue weighted by molar-refractivity contribution is 0.599. The zero-order valence-corrected chi connectivity index (χ0v) is 11.7. The summed E-state index contributed by atoms with van der Waals surface area (Å²) in [6.45, 7) is 1.77. The fourth-order valence-electron chi connectivity index (χ4n) is 1.80. The molecule has 2 aromatic rings. The lowest BCUT2D eigenvalue weighted by Crippen LogP contribution is -2.16. The second-order valence-corrected chi connectivity index (χ2v) is 6.12. The molecule has 0 amide bonds. The molecule has 0 radical (unpaired) electrons. The highest BCUT2D eigenvalue weighted by Gasteiger charge is 2.16. The van der Waals surface area contributed by atoms with Crippen LogP contribution in [0.1, 0.15) is 18.5 Å². The van der Waals surface area contributed by atoms with Crippen LogP contribution in [0, 0.1) is 5.82 Å². The number of hydrogen-bond donors (Lipinski definition) is 2. The summed E-state index contributed by atoms with van der Waals surface area (Å²) in [6, 6.07) is 11.2. The number of benzene rings is 2. The summed E-state index contributed by atoms with van der Waals surface area (Å²) in [5, 5.41) is 0. The first-order valence-electron chi connectivity index (χ1n) is 6.03. The third-order valence-corrected chi connectivity index (χ3v) is 4.20. The van der Waals surface area contributed by atoms with E-state index in [0.29, 0.717) is 11.3 Å². The molecule has 0 aliphatic rings. The van der Waals surface area contributed by atoms with E-state index in [2.05, 4.69) is 4.72 Å². The monoisotopic (exact) mass is 294 g/mol. The van der Waals surface area contributed by atoms with Crippen molar-refractivity contribution < 1.29 is 12.8 Å². The molecule has 2 aromatic carbocycles. The Balaban J connectivity index is 2.36. The van der Waals surface area contributed by atoms with Gasteiger partial charge in [0.2, 0.25) is 0 Å². The van der Waals surface area contributed by atoms with Gasteiger partial charge in [-0.1, -0.05) is 18.2 Å². The van der Waals surface area contributed by atoms with Gasteiger partial charge in [-0.05, 0) is 42.8 Å². The number of sulfonamides is 1. The Bertz CT molecular complexity index is 697. The molecule has 0 saturated heterocycles. The van der Waals surface area contributed by atoms with E-state index in [1.165, 1.54) is 12.1 Å². The van der Waals surface area contributed by atoms with E-state index in [1.807, 2.05) is 0 Å². The molecule has 0 aromatic heterocycles. The minimum absolute atomic E-state index is 0.00150. The van der Waals surface area contributed by atoms with E-state index in [-0.39, 0.29) is 10.9 Å². The van der Waals surface area contributed by atoms with Gasteiger partial charge in [0.25, 0.3) is 10.0 Å². The lowest BCUT2D eigenvalue weighted by atomic mass is 10.1. The van der Waals surface area contributed by atoms with E-state index in [0.717, 1.165) is 12.1 Å². The average Bonchev–Trinajstić information content (AvgIpc) is 2.39. The third kappa shape index (κ3) is 3.15. The highest BCUT2D eigenvalue weighted by molar-refractivity contribution is 7.92. The number of nitrogens with two attached hydrogens (primary N) is 1. The van der Waals surface area contributed by atoms with Gasteiger partial charge in [-0.15, -0.1) is 0 Å². The summed E-state index contributed by atoms with van der Waals surface area (Å²) in [7, 11) is -3.76. The summed E-state index contributed by atoms with van der Waals surface area (Å²) >= 11 is 0. The number of hydrogen-bond acceptors (Lipinski definition) is 3. The van der Waals surface area contributed by atoms with Crippen LogP contribution in [0.15, 0.2) is 53.4 Å². The van der Waals surface area contributed by atoms with Crippen LogP contribution in [0.3, 0.4) is 0 Å². The van der Waals surface area contributed by atoms with Gasteiger partial charge in [0.05, 0.1) is 10.6 Å². The van der Waals surface area contributed by atoms with Gasteiger partial charge in [0.15, 0.2) is 0 Å². The van der Waals surface area contributed by atoms with E-state index in [9.17, 15) is 12.8 Å². The van der Waals surface area contributed by atoms with Crippen LogP contribution in [0.5, 0.6) is 0 Å². The molecule has 6 heteroatoms. The Morgan fingerprint density at radius 2 is 1.70 bits per heavy atom. The topological polar surface area (TPSA) is 72.2 Å². The second kappa shape index (κ2) is 5.60. The predicted octanol–water partition coefficient (Wildman–Crippen LogP) is 2.65. The van der Waals surface area contributed by atoms with E-state index in [1.54, 1.807) is 31.2 Å². The van der Waals surface area contributed by atoms with Gasteiger partial charge < -0.3 is 5.73 Å². The Kier molecular flexibility index (Phi) is 4.06. The van der Waals surface area contributed by atoms with Gasteiger partial charge in [-0.2, -0.15) is 0 Å². The van der Waals surface area contributed by atoms with Gasteiger partial charge in [-0.3, -0.25) is 4.72 Å². The molecule has 0 spiro atoms. The van der Waals surface area contributed by atoms with Crippen LogP contribution in [0.4, 0.5) is 10.1 Å². The largest absolute Gasteiger partial charge is 0.324 e. The van der Waals surface area contributed by atoms with E-state index < -0.39 is 15.8 Å². The van der Waals surface area contributed by atoms with Gasteiger partial charge >= 0.3 is 0 Å². The van der Waals surface area contributed by atoms with Crippen LogP contribution >= 0.6 is 0 Å². The van der Waals surface area contributed by atoms with Crippen molar-refractivity contribution in [1.29, 1.82) is 0 Å². The third-order valence-electron chi connectivity index (χ3n) is 2.82. The standard InChI is InChI=1S/C14H15FN2O2S/c1-10(16)13-4-2-3-5-14(13)17-20(18,19)12-8-6-11(15)7-9-12/h2-10,17H,16H2,1H3. The predicted molar refractivity (Wildman–Crippen MR) is 76.3 cm³/mol. The number of anilines is 1. The summed E-state index contributed by atoms with van der Waals surface area (Å²) < 4.78 is 39.7. The van der Waals surface area contributed by atoms with Crippen LogP contribution in [-0.2, 0) is 10.0 Å². The van der Waals surface area contributed by atoms with Crippen LogP contribution in [0.25, 0.3) is 0 Å². The zero-order chi connectivity index (χ0) is 14.8. The van der Waals surface area contributed by atoms with E-state index >= 15 is 0 Å². The molecule has 0 bridgehead atoms. The fourth-order valence-corrected chi connectivity index (χ4v) is 2.89. The summed E-state index contributed by atoms with van der Waals surface area (Å²) in [6.07, 6.45) is 0. The number of halogens is 1. The first kappa shape index (κ1) is 14.5. The van der Waals surface area contributed by atoms with Crippen molar-refractivity contribution >= 4 is 15.7 Å². The normalized spacial score (nSPS) is 12.9. The number of para-hydroxylation sites is 1. The molecule has 2 rings (SSSR count). The molecule has 3 N–H and O–H groups in total. The molecule has 0 fully saturated rings. The van der Waals surface area contributed by atoms with E-state index in [4.69, 9.17) is 5.73 Å². The Morgan fingerprint density at radius 3 is 2.30 bits per heavy atom. The maximum Gasteiger partial charge on any atom is 0.261 e. The van der Waals surface area contributed by atoms with Crippen molar-refractivity contribution in [2.45, 2.75) is 17.9 Å². The molecule has 0 aliphatic heterocycles. The highest BCUT2D eigenvalue weighted by Crippen LogP contribution is 2.24. The van der Waals surface area contributed by atoms with Crippen molar-refractivity contribution in [3.8, 4) is 0 Å². The molecule has 1 unspecified atom stereocenters. The Labute approximate surface area is 117 Å². The molecule has 4 nitrogen and oxygen atoms in total. The zero-order valence-electron chi connectivity index (χ0n) is 10.9. The SMILES string of the molecule is CC(N)c1ccccc1NS(=O)(=O)c1ccc(F)cc1. The van der Waals surface area contributed by atoms with Crippen LogP contribution in [0.2, 0.25) is 0 Å². The minimum atomic E-state index is -3.76. The first-order chi connectivity index (χ1) is 9.40. The fraction of sp³-hybridized carbons (Fsp3) is 0.143. The smallest absolute Gasteiger partial charge is 0.261 e. The van der Waals surface area contributed by atoms with Crippen molar-refractivity contribution in [2.75, 3.05) is 4.72 Å². The minimum Gasteiger partial charge on any atom is -0.324 e. The van der Waals surface area contributed by atoms with Crippen LogP contribution < -0.4 is 10.5 Å². The average molecular weight is 294 g/mol. The van der Waals surface area contributed by atoms with Crippen molar-refractivity contribution in [2.24, 2.45) is 5.73 Å². The summed E-state index contributed by atoms with van der Waals surface area (Å²) in [4.78, 5) is -0.00150. The highest BCUT2D eigenvalue weighted by atomic mass is 32.2. The molecule has 106 valence electrons. The molecular formula is C14H15FN2O2S. The lowest BCUT2D eigenvalue weighted by Gasteiger charge is -2.14. The maximum atomic E-state index is 12.8. The maximum absolute atomic E-state index is 12.8.